The summed E-state index contributed by atoms with van der Waals surface area (Å²) in [6, 6.07) is 5.03. The van der Waals surface area contributed by atoms with E-state index < -0.39 is 15.7 Å². The van der Waals surface area contributed by atoms with Crippen LogP contribution in [-0.2, 0) is 9.84 Å². The van der Waals surface area contributed by atoms with Gasteiger partial charge in [-0.25, -0.2) is 12.8 Å². The average molecular weight is 285 g/mol. The maximum absolute atomic E-state index is 12.8. The van der Waals surface area contributed by atoms with Gasteiger partial charge in [-0.15, -0.1) is 0 Å². The van der Waals surface area contributed by atoms with E-state index in [1.54, 1.807) is 4.90 Å². The van der Waals surface area contributed by atoms with E-state index in [-0.39, 0.29) is 23.5 Å². The Labute approximate surface area is 112 Å². The van der Waals surface area contributed by atoms with Crippen LogP contribution in [0.5, 0.6) is 0 Å². The Morgan fingerprint density at radius 3 is 2.47 bits per heavy atom. The van der Waals surface area contributed by atoms with Gasteiger partial charge < -0.3 is 4.90 Å². The van der Waals surface area contributed by atoms with Crippen LogP contribution in [0.25, 0.3) is 0 Å². The Bertz CT molecular complexity index is 568. The van der Waals surface area contributed by atoms with Crippen LogP contribution in [0.2, 0.25) is 0 Å². The van der Waals surface area contributed by atoms with E-state index in [4.69, 9.17) is 0 Å². The van der Waals surface area contributed by atoms with Crippen LogP contribution in [0.1, 0.15) is 23.7 Å². The fourth-order valence-corrected chi connectivity index (χ4v) is 4.08. The van der Waals surface area contributed by atoms with Crippen molar-refractivity contribution in [1.82, 2.24) is 4.90 Å². The van der Waals surface area contributed by atoms with Crippen molar-refractivity contribution in [1.29, 1.82) is 0 Å². The van der Waals surface area contributed by atoms with Crippen LogP contribution in [0.15, 0.2) is 24.3 Å². The highest BCUT2D eigenvalue weighted by atomic mass is 32.2. The maximum Gasteiger partial charge on any atom is 0.254 e. The van der Waals surface area contributed by atoms with Gasteiger partial charge in [0, 0.05) is 18.2 Å². The SMILES string of the molecule is CCN(C(=O)c1ccc(F)cc1)C1CCS(=O)(=O)C1. The molecule has 1 saturated heterocycles. The first kappa shape index (κ1) is 14.0. The number of nitrogens with zero attached hydrogens (tertiary/aromatic N) is 1. The van der Waals surface area contributed by atoms with E-state index in [0.717, 1.165) is 0 Å². The van der Waals surface area contributed by atoms with Crippen LogP contribution < -0.4 is 0 Å². The molecule has 1 aliphatic rings. The van der Waals surface area contributed by atoms with Crippen LogP contribution in [0.3, 0.4) is 0 Å². The highest BCUT2D eigenvalue weighted by Gasteiger charge is 2.34. The molecule has 104 valence electrons. The highest BCUT2D eigenvalue weighted by Crippen LogP contribution is 2.20. The van der Waals surface area contributed by atoms with Gasteiger partial charge in [0.1, 0.15) is 5.82 Å². The minimum Gasteiger partial charge on any atom is -0.335 e. The number of halogens is 1. The summed E-state index contributed by atoms with van der Waals surface area (Å²) in [7, 11) is -3.03. The summed E-state index contributed by atoms with van der Waals surface area (Å²) in [5.74, 6) is -0.494. The monoisotopic (exact) mass is 285 g/mol. The molecule has 19 heavy (non-hydrogen) atoms. The zero-order valence-corrected chi connectivity index (χ0v) is 11.5. The molecule has 1 aromatic carbocycles. The van der Waals surface area contributed by atoms with Gasteiger partial charge in [-0.05, 0) is 37.6 Å². The summed E-state index contributed by atoms with van der Waals surface area (Å²) in [4.78, 5) is 13.8. The molecule has 1 atom stereocenters. The van der Waals surface area contributed by atoms with Crippen molar-refractivity contribution < 1.29 is 17.6 Å². The molecule has 0 aliphatic carbocycles. The lowest BCUT2D eigenvalue weighted by atomic mass is 10.1. The molecule has 4 nitrogen and oxygen atoms in total. The molecule has 0 aromatic heterocycles. The molecule has 1 amide bonds. The molecule has 0 spiro atoms. The fraction of sp³-hybridized carbons (Fsp3) is 0.462. The normalized spacial score (nSPS) is 21.3. The first-order valence-corrected chi connectivity index (χ1v) is 8.02. The summed E-state index contributed by atoms with van der Waals surface area (Å²) in [5, 5.41) is 0. The second kappa shape index (κ2) is 5.28. The number of benzene rings is 1. The Morgan fingerprint density at radius 1 is 1.37 bits per heavy atom. The third kappa shape index (κ3) is 3.12. The smallest absolute Gasteiger partial charge is 0.254 e. The topological polar surface area (TPSA) is 54.5 Å². The molecule has 0 bridgehead atoms. The van der Waals surface area contributed by atoms with Gasteiger partial charge in [-0.1, -0.05) is 0 Å². The second-order valence-corrected chi connectivity index (χ2v) is 6.88. The molecule has 0 radical (unpaired) electrons. The van der Waals surface area contributed by atoms with E-state index in [1.165, 1.54) is 24.3 Å². The van der Waals surface area contributed by atoms with Gasteiger partial charge in [-0.3, -0.25) is 4.79 Å². The molecule has 1 aromatic rings. The first-order chi connectivity index (χ1) is 8.93. The third-order valence-corrected chi connectivity index (χ3v) is 5.09. The second-order valence-electron chi connectivity index (χ2n) is 4.65. The van der Waals surface area contributed by atoms with Gasteiger partial charge in [0.2, 0.25) is 0 Å². The minimum atomic E-state index is -3.03. The van der Waals surface area contributed by atoms with Gasteiger partial charge in [0.15, 0.2) is 9.84 Å². The first-order valence-electron chi connectivity index (χ1n) is 6.20. The molecule has 1 unspecified atom stereocenters. The number of carbonyl (C=O) groups excluding carboxylic acids is 1. The standard InChI is InChI=1S/C13H16FNO3S/c1-2-15(12-7-8-19(17,18)9-12)13(16)10-3-5-11(14)6-4-10/h3-6,12H,2,7-9H2,1H3. The van der Waals surface area contributed by atoms with Crippen LogP contribution >= 0.6 is 0 Å². The summed E-state index contributed by atoms with van der Waals surface area (Å²) in [6.07, 6.45) is 0.475. The van der Waals surface area contributed by atoms with Crippen molar-refractivity contribution in [2.24, 2.45) is 0 Å². The number of sulfone groups is 1. The largest absolute Gasteiger partial charge is 0.335 e. The summed E-state index contributed by atoms with van der Waals surface area (Å²) in [6.45, 7) is 2.25. The van der Waals surface area contributed by atoms with E-state index in [0.29, 0.717) is 18.5 Å². The van der Waals surface area contributed by atoms with E-state index >= 15 is 0 Å². The van der Waals surface area contributed by atoms with E-state index in [9.17, 15) is 17.6 Å². The number of amides is 1. The van der Waals surface area contributed by atoms with Crippen LogP contribution in [-0.4, -0.2) is 43.3 Å². The summed E-state index contributed by atoms with van der Waals surface area (Å²) < 4.78 is 35.8. The van der Waals surface area contributed by atoms with Crippen molar-refractivity contribution in [3.05, 3.63) is 35.6 Å². The van der Waals surface area contributed by atoms with Crippen molar-refractivity contribution in [2.75, 3.05) is 18.1 Å². The zero-order valence-electron chi connectivity index (χ0n) is 10.7. The third-order valence-electron chi connectivity index (χ3n) is 3.34. The molecule has 0 N–H and O–H groups in total. The molecule has 0 saturated carbocycles. The number of carbonyl (C=O) groups is 1. The molecule has 1 heterocycles. The average Bonchev–Trinajstić information content (AvgIpc) is 2.71. The Hall–Kier alpha value is -1.43. The van der Waals surface area contributed by atoms with Crippen molar-refractivity contribution >= 4 is 15.7 Å². The zero-order chi connectivity index (χ0) is 14.0. The Balaban J connectivity index is 2.18. The van der Waals surface area contributed by atoms with Crippen LogP contribution in [0.4, 0.5) is 4.39 Å². The van der Waals surface area contributed by atoms with Crippen molar-refractivity contribution in [3.8, 4) is 0 Å². The minimum absolute atomic E-state index is 0.0216. The van der Waals surface area contributed by atoms with E-state index in [2.05, 4.69) is 0 Å². The summed E-state index contributed by atoms with van der Waals surface area (Å²) >= 11 is 0. The molecule has 1 aliphatic heterocycles. The van der Waals surface area contributed by atoms with Gasteiger partial charge in [0.05, 0.1) is 11.5 Å². The Morgan fingerprint density at radius 2 is 2.00 bits per heavy atom. The lowest BCUT2D eigenvalue weighted by molar-refractivity contribution is 0.0708. The predicted octanol–water partition coefficient (Wildman–Crippen LogP) is 1.47. The van der Waals surface area contributed by atoms with E-state index in [1.807, 2.05) is 6.92 Å². The highest BCUT2D eigenvalue weighted by molar-refractivity contribution is 7.91. The van der Waals surface area contributed by atoms with Crippen molar-refractivity contribution in [2.45, 2.75) is 19.4 Å². The molecule has 1 fully saturated rings. The number of hydrogen-bond donors (Lipinski definition) is 0. The van der Waals surface area contributed by atoms with Crippen molar-refractivity contribution in [3.63, 3.8) is 0 Å². The fourth-order valence-electron chi connectivity index (χ4n) is 2.35. The quantitative estimate of drug-likeness (QED) is 0.845. The molecule has 6 heteroatoms. The lowest BCUT2D eigenvalue weighted by Crippen LogP contribution is -2.40. The maximum atomic E-state index is 12.8. The van der Waals surface area contributed by atoms with Gasteiger partial charge in [-0.2, -0.15) is 0 Å². The number of rotatable bonds is 3. The summed E-state index contributed by atoms with van der Waals surface area (Å²) in [5.41, 5.74) is 0.382. The van der Waals surface area contributed by atoms with Crippen LogP contribution in [0, 0.1) is 5.82 Å². The molecular weight excluding hydrogens is 269 g/mol. The molecule has 2 rings (SSSR count). The van der Waals surface area contributed by atoms with Gasteiger partial charge >= 0.3 is 0 Å². The molecular formula is C13H16FNO3S. The predicted molar refractivity (Wildman–Crippen MR) is 70.2 cm³/mol. The lowest BCUT2D eigenvalue weighted by Gasteiger charge is -2.26. The number of hydrogen-bond acceptors (Lipinski definition) is 3. The Kier molecular flexibility index (Phi) is 3.89. The van der Waals surface area contributed by atoms with Gasteiger partial charge in [0.25, 0.3) is 5.91 Å².